The first-order valence-corrected chi connectivity index (χ1v) is 5.73. The molecule has 2 aliphatic rings. The van der Waals surface area contributed by atoms with E-state index in [9.17, 15) is 4.79 Å². The molecule has 0 bridgehead atoms. The van der Waals surface area contributed by atoms with Gasteiger partial charge in [0.2, 0.25) is 10.0 Å². The first kappa shape index (κ1) is 11.5. The molecule has 0 amide bonds. The Balaban J connectivity index is 2.36. The molecule has 0 aliphatic carbocycles. The molecule has 2 rings (SSSR count). The van der Waals surface area contributed by atoms with E-state index in [-0.39, 0.29) is 5.97 Å². The van der Waals surface area contributed by atoms with E-state index in [0.29, 0.717) is 13.0 Å². The summed E-state index contributed by atoms with van der Waals surface area (Å²) in [6.45, 7) is 4.35. The maximum Gasteiger partial charge on any atom is 0.332 e. The van der Waals surface area contributed by atoms with Crippen molar-refractivity contribution < 1.29 is 9.53 Å². The molecule has 6 heteroatoms. The quantitative estimate of drug-likeness (QED) is 0.416. The van der Waals surface area contributed by atoms with Crippen molar-refractivity contribution in [1.82, 2.24) is 4.90 Å². The molecule has 15 heavy (non-hydrogen) atoms. The predicted octanol–water partition coefficient (Wildman–Crippen LogP) is 2.26. The number of carbonyl (C=O) groups is 1. The molecule has 0 spiro atoms. The fraction of sp³-hybridized carbons (Fsp3) is 0.667. The molecular formula is C9H10Cl3NO2. The SMILES string of the molecule is C=C[C@@]12CCCN1[C@@H](C(Cl)(Cl)Cl)OC2=O. The van der Waals surface area contributed by atoms with Crippen molar-refractivity contribution in [3.63, 3.8) is 0 Å². The van der Waals surface area contributed by atoms with Crippen LogP contribution in [0.25, 0.3) is 0 Å². The van der Waals surface area contributed by atoms with E-state index < -0.39 is 15.6 Å². The van der Waals surface area contributed by atoms with Gasteiger partial charge in [-0.05, 0) is 12.8 Å². The lowest BCUT2D eigenvalue weighted by Gasteiger charge is -2.29. The van der Waals surface area contributed by atoms with E-state index in [0.717, 1.165) is 6.42 Å². The maximum absolute atomic E-state index is 11.8. The second-order valence-corrected chi connectivity index (χ2v) is 6.09. The van der Waals surface area contributed by atoms with Crippen LogP contribution in [0.15, 0.2) is 12.7 Å². The molecule has 0 aromatic heterocycles. The minimum Gasteiger partial charge on any atom is -0.440 e. The maximum atomic E-state index is 11.8. The Morgan fingerprint density at radius 2 is 2.27 bits per heavy atom. The number of alkyl halides is 3. The number of rotatable bonds is 1. The Morgan fingerprint density at radius 3 is 2.80 bits per heavy atom. The highest BCUT2D eigenvalue weighted by Gasteiger charge is 2.60. The summed E-state index contributed by atoms with van der Waals surface area (Å²) in [4.78, 5) is 13.5. The summed E-state index contributed by atoms with van der Waals surface area (Å²) >= 11 is 17.3. The third-order valence-electron chi connectivity index (χ3n) is 2.94. The molecule has 3 nitrogen and oxygen atoms in total. The highest BCUT2D eigenvalue weighted by atomic mass is 35.6. The number of cyclic esters (lactones) is 1. The van der Waals surface area contributed by atoms with Crippen LogP contribution < -0.4 is 0 Å². The molecule has 0 saturated carbocycles. The highest BCUT2D eigenvalue weighted by molar-refractivity contribution is 6.68. The molecule has 2 aliphatic heterocycles. The summed E-state index contributed by atoms with van der Waals surface area (Å²) in [6.07, 6.45) is 2.32. The van der Waals surface area contributed by atoms with Crippen molar-refractivity contribution in [3.05, 3.63) is 12.7 Å². The molecule has 2 saturated heterocycles. The summed E-state index contributed by atoms with van der Waals surface area (Å²) in [5, 5.41) is 0. The second kappa shape index (κ2) is 3.52. The lowest BCUT2D eigenvalue weighted by molar-refractivity contribution is -0.144. The third kappa shape index (κ3) is 1.57. The summed E-state index contributed by atoms with van der Waals surface area (Å²) in [5.74, 6) is -0.369. The van der Waals surface area contributed by atoms with Gasteiger partial charge < -0.3 is 4.74 Å². The molecule has 0 aromatic rings. The minimum atomic E-state index is -1.62. The zero-order valence-electron chi connectivity index (χ0n) is 7.88. The van der Waals surface area contributed by atoms with Crippen molar-refractivity contribution >= 4 is 40.8 Å². The van der Waals surface area contributed by atoms with Crippen LogP contribution in [-0.4, -0.2) is 33.0 Å². The van der Waals surface area contributed by atoms with E-state index in [4.69, 9.17) is 39.5 Å². The normalized spacial score (nSPS) is 36.5. The van der Waals surface area contributed by atoms with E-state index in [2.05, 4.69) is 6.58 Å². The molecule has 84 valence electrons. The largest absolute Gasteiger partial charge is 0.440 e. The number of nitrogens with zero attached hydrogens (tertiary/aromatic N) is 1. The average molecular weight is 271 g/mol. The van der Waals surface area contributed by atoms with Crippen LogP contribution in [0.2, 0.25) is 0 Å². The van der Waals surface area contributed by atoms with Crippen LogP contribution in [-0.2, 0) is 9.53 Å². The summed E-state index contributed by atoms with van der Waals surface area (Å²) < 4.78 is 3.49. The van der Waals surface area contributed by atoms with Gasteiger partial charge in [0.25, 0.3) is 0 Å². The van der Waals surface area contributed by atoms with Gasteiger partial charge in [0.15, 0.2) is 0 Å². The predicted molar refractivity (Wildman–Crippen MR) is 59.0 cm³/mol. The number of halogens is 3. The molecule has 2 atom stereocenters. The zero-order chi connectivity index (χ0) is 11.3. The van der Waals surface area contributed by atoms with Crippen molar-refractivity contribution in [2.24, 2.45) is 0 Å². The summed E-state index contributed by atoms with van der Waals surface area (Å²) in [5.41, 5.74) is -0.783. The minimum absolute atomic E-state index is 0.369. The lowest BCUT2D eigenvalue weighted by Crippen LogP contribution is -2.47. The summed E-state index contributed by atoms with van der Waals surface area (Å²) in [7, 11) is 0. The molecular weight excluding hydrogens is 260 g/mol. The lowest BCUT2D eigenvalue weighted by atomic mass is 9.98. The van der Waals surface area contributed by atoms with Crippen molar-refractivity contribution in [2.75, 3.05) is 6.54 Å². The number of ether oxygens (including phenoxy) is 1. The molecule has 0 unspecified atom stereocenters. The fourth-order valence-electron chi connectivity index (χ4n) is 2.22. The Hall–Kier alpha value is 0.0400. The van der Waals surface area contributed by atoms with E-state index in [1.165, 1.54) is 0 Å². The number of esters is 1. The van der Waals surface area contributed by atoms with Gasteiger partial charge in [0, 0.05) is 6.54 Å². The number of fused-ring (bicyclic) bond motifs is 1. The van der Waals surface area contributed by atoms with Gasteiger partial charge in [-0.3, -0.25) is 0 Å². The Bertz CT molecular complexity index is 315. The van der Waals surface area contributed by atoms with E-state index >= 15 is 0 Å². The fourth-order valence-corrected chi connectivity index (χ4v) is 2.71. The van der Waals surface area contributed by atoms with Gasteiger partial charge in [-0.2, -0.15) is 0 Å². The number of hydrogen-bond acceptors (Lipinski definition) is 3. The van der Waals surface area contributed by atoms with E-state index in [1.54, 1.807) is 11.0 Å². The van der Waals surface area contributed by atoms with Crippen LogP contribution in [0.5, 0.6) is 0 Å². The van der Waals surface area contributed by atoms with E-state index in [1.807, 2.05) is 0 Å². The monoisotopic (exact) mass is 269 g/mol. The first-order valence-electron chi connectivity index (χ1n) is 4.60. The van der Waals surface area contributed by atoms with Gasteiger partial charge >= 0.3 is 5.97 Å². The smallest absolute Gasteiger partial charge is 0.332 e. The first-order chi connectivity index (χ1) is 6.92. The standard InChI is InChI=1S/C9H10Cl3NO2/c1-2-8-4-3-5-13(8)6(9(10,11)12)15-7(8)14/h2,6H,1,3-5H2/t6-,8+/m1/s1. The number of hydrogen-bond donors (Lipinski definition) is 0. The van der Waals surface area contributed by atoms with Gasteiger partial charge in [0.05, 0.1) is 0 Å². The van der Waals surface area contributed by atoms with Crippen LogP contribution in [0.3, 0.4) is 0 Å². The van der Waals surface area contributed by atoms with Gasteiger partial charge in [-0.1, -0.05) is 40.9 Å². The van der Waals surface area contributed by atoms with Crippen LogP contribution in [0, 0.1) is 0 Å². The Morgan fingerprint density at radius 1 is 1.60 bits per heavy atom. The van der Waals surface area contributed by atoms with Crippen LogP contribution in [0.4, 0.5) is 0 Å². The second-order valence-electron chi connectivity index (χ2n) is 3.72. The molecule has 0 radical (unpaired) electrons. The van der Waals surface area contributed by atoms with Crippen molar-refractivity contribution in [1.29, 1.82) is 0 Å². The summed E-state index contributed by atoms with van der Waals surface area (Å²) in [6, 6.07) is 0. The Labute approximate surface area is 103 Å². The molecule has 2 heterocycles. The van der Waals surface area contributed by atoms with Crippen molar-refractivity contribution in [3.8, 4) is 0 Å². The third-order valence-corrected chi connectivity index (χ3v) is 3.50. The zero-order valence-corrected chi connectivity index (χ0v) is 10.1. The van der Waals surface area contributed by atoms with Crippen LogP contribution in [0.1, 0.15) is 12.8 Å². The molecule has 2 fully saturated rings. The topological polar surface area (TPSA) is 29.5 Å². The van der Waals surface area contributed by atoms with Gasteiger partial charge in [-0.15, -0.1) is 6.58 Å². The van der Waals surface area contributed by atoms with Gasteiger partial charge in [0.1, 0.15) is 5.54 Å². The van der Waals surface area contributed by atoms with Crippen molar-refractivity contribution in [2.45, 2.75) is 28.4 Å². The van der Waals surface area contributed by atoms with Crippen LogP contribution >= 0.6 is 34.8 Å². The Kier molecular flexibility index (Phi) is 2.70. The molecule has 0 N–H and O–H groups in total. The molecule has 0 aromatic carbocycles. The number of carbonyl (C=O) groups excluding carboxylic acids is 1. The average Bonchev–Trinajstić information content (AvgIpc) is 2.64. The van der Waals surface area contributed by atoms with Gasteiger partial charge in [-0.25, -0.2) is 9.69 Å². The highest BCUT2D eigenvalue weighted by Crippen LogP contribution is 2.46.